The van der Waals surface area contributed by atoms with Crippen molar-refractivity contribution in [1.82, 2.24) is 5.32 Å². The fourth-order valence-corrected chi connectivity index (χ4v) is 2.60. The van der Waals surface area contributed by atoms with Crippen molar-refractivity contribution < 1.29 is 23.8 Å². The summed E-state index contributed by atoms with van der Waals surface area (Å²) in [5.74, 6) is 0.625. The van der Waals surface area contributed by atoms with Crippen molar-refractivity contribution in [3.63, 3.8) is 0 Å². The predicted molar refractivity (Wildman–Crippen MR) is 95.7 cm³/mol. The lowest BCUT2D eigenvalue weighted by Gasteiger charge is -2.10. The van der Waals surface area contributed by atoms with Gasteiger partial charge in [-0.15, -0.1) is 0 Å². The van der Waals surface area contributed by atoms with Crippen LogP contribution in [0.3, 0.4) is 0 Å². The van der Waals surface area contributed by atoms with Gasteiger partial charge in [-0.1, -0.05) is 17.7 Å². The Morgan fingerprint density at radius 3 is 2.77 bits per heavy atom. The molecule has 2 aromatic carbocycles. The van der Waals surface area contributed by atoms with E-state index in [0.29, 0.717) is 34.3 Å². The van der Waals surface area contributed by atoms with Crippen molar-refractivity contribution in [1.29, 1.82) is 0 Å². The normalized spacial score (nSPS) is 11.9. The van der Waals surface area contributed by atoms with E-state index in [1.165, 1.54) is 25.3 Å². The molecule has 0 bridgehead atoms. The Hall–Kier alpha value is -2.77. The van der Waals surface area contributed by atoms with Crippen LogP contribution in [0.5, 0.6) is 11.5 Å². The number of carbonyl (C=O) groups excluding carboxylic acids is 2. The number of esters is 1. The summed E-state index contributed by atoms with van der Waals surface area (Å²) in [7, 11) is 1.29. The fourth-order valence-electron chi connectivity index (χ4n) is 2.43. The van der Waals surface area contributed by atoms with E-state index in [0.717, 1.165) is 5.56 Å². The van der Waals surface area contributed by atoms with Crippen molar-refractivity contribution in [2.75, 3.05) is 25.8 Å². The molecule has 0 atom stereocenters. The average Bonchev–Trinajstić information content (AvgIpc) is 3.10. The first-order valence-corrected chi connectivity index (χ1v) is 8.21. The minimum atomic E-state index is -0.502. The van der Waals surface area contributed by atoms with Gasteiger partial charge in [0.1, 0.15) is 0 Å². The molecule has 0 saturated carbocycles. The number of anilines is 1. The van der Waals surface area contributed by atoms with Gasteiger partial charge in [-0.05, 0) is 35.9 Å². The van der Waals surface area contributed by atoms with E-state index in [9.17, 15) is 9.59 Å². The third-order valence-electron chi connectivity index (χ3n) is 3.71. The van der Waals surface area contributed by atoms with Gasteiger partial charge in [0.2, 0.25) is 12.7 Å². The smallest absolute Gasteiger partial charge is 0.337 e. The topological polar surface area (TPSA) is 85.9 Å². The molecule has 0 saturated heterocycles. The Balaban J connectivity index is 1.53. The van der Waals surface area contributed by atoms with Crippen molar-refractivity contribution in [3.05, 3.63) is 52.5 Å². The lowest BCUT2D eigenvalue weighted by molar-refractivity contribution is -0.115. The van der Waals surface area contributed by atoms with Crippen molar-refractivity contribution in [2.24, 2.45) is 0 Å². The van der Waals surface area contributed by atoms with Crippen LogP contribution in [0, 0.1) is 0 Å². The SMILES string of the molecule is COC(=O)c1ccc(Cl)c(NC(=O)CNCc2ccc3c(c2)OCO3)c1. The Labute approximate surface area is 155 Å². The summed E-state index contributed by atoms with van der Waals surface area (Å²) < 4.78 is 15.2. The van der Waals surface area contributed by atoms with Crippen molar-refractivity contribution in [3.8, 4) is 11.5 Å². The Morgan fingerprint density at radius 2 is 1.96 bits per heavy atom. The number of rotatable bonds is 6. The second-order valence-electron chi connectivity index (χ2n) is 5.53. The quantitative estimate of drug-likeness (QED) is 0.754. The number of benzene rings is 2. The van der Waals surface area contributed by atoms with Crippen LogP contribution < -0.4 is 20.1 Å². The lowest BCUT2D eigenvalue weighted by Crippen LogP contribution is -2.27. The number of carbonyl (C=O) groups is 2. The highest BCUT2D eigenvalue weighted by atomic mass is 35.5. The van der Waals surface area contributed by atoms with Gasteiger partial charge in [0, 0.05) is 6.54 Å². The van der Waals surface area contributed by atoms with Crippen LogP contribution in [0.1, 0.15) is 15.9 Å². The van der Waals surface area contributed by atoms with Crippen LogP contribution in [0.25, 0.3) is 0 Å². The number of fused-ring (bicyclic) bond motifs is 1. The maximum Gasteiger partial charge on any atom is 0.337 e. The second-order valence-corrected chi connectivity index (χ2v) is 5.93. The summed E-state index contributed by atoms with van der Waals surface area (Å²) in [4.78, 5) is 23.7. The molecule has 1 heterocycles. The zero-order valence-corrected chi connectivity index (χ0v) is 14.8. The molecule has 26 heavy (non-hydrogen) atoms. The van der Waals surface area contributed by atoms with Crippen LogP contribution in [0.4, 0.5) is 5.69 Å². The molecule has 0 aliphatic carbocycles. The number of methoxy groups -OCH3 is 1. The fraction of sp³-hybridized carbons (Fsp3) is 0.222. The molecule has 2 aromatic rings. The molecule has 1 amide bonds. The molecule has 0 aromatic heterocycles. The standard InChI is InChI=1S/C18H17ClN2O5/c1-24-18(23)12-3-4-13(19)14(7-12)21-17(22)9-20-8-11-2-5-15-16(6-11)26-10-25-15/h2-7,20H,8-10H2,1H3,(H,21,22). The largest absolute Gasteiger partial charge is 0.465 e. The highest BCUT2D eigenvalue weighted by Crippen LogP contribution is 2.32. The van der Waals surface area contributed by atoms with E-state index in [-0.39, 0.29) is 19.2 Å². The van der Waals surface area contributed by atoms with Gasteiger partial charge in [-0.25, -0.2) is 4.79 Å². The minimum Gasteiger partial charge on any atom is -0.465 e. The maximum atomic E-state index is 12.1. The zero-order valence-electron chi connectivity index (χ0n) is 14.0. The van der Waals surface area contributed by atoms with Gasteiger partial charge in [-0.3, -0.25) is 4.79 Å². The van der Waals surface area contributed by atoms with E-state index < -0.39 is 5.97 Å². The number of hydrogen-bond donors (Lipinski definition) is 2. The summed E-state index contributed by atoms with van der Waals surface area (Å²) in [5.41, 5.74) is 1.62. The number of nitrogens with one attached hydrogen (secondary N) is 2. The van der Waals surface area contributed by atoms with Crippen molar-refractivity contribution in [2.45, 2.75) is 6.54 Å². The summed E-state index contributed by atoms with van der Waals surface area (Å²) in [6.45, 7) is 0.785. The van der Waals surface area contributed by atoms with E-state index >= 15 is 0 Å². The molecule has 1 aliphatic rings. The van der Waals surface area contributed by atoms with E-state index in [1.807, 2.05) is 18.2 Å². The highest BCUT2D eigenvalue weighted by Gasteiger charge is 2.14. The van der Waals surface area contributed by atoms with Gasteiger partial charge in [0.15, 0.2) is 11.5 Å². The minimum absolute atomic E-state index is 0.0766. The number of amides is 1. The molecule has 136 valence electrons. The third kappa shape index (κ3) is 4.25. The van der Waals surface area contributed by atoms with Crippen LogP contribution in [-0.4, -0.2) is 32.3 Å². The predicted octanol–water partition coefficient (Wildman–Crippen LogP) is 2.58. The van der Waals surface area contributed by atoms with Crippen LogP contribution >= 0.6 is 11.6 Å². The first kappa shape index (κ1) is 18.0. The average molecular weight is 377 g/mol. The molecule has 1 aliphatic heterocycles. The van der Waals surface area contributed by atoms with Gasteiger partial charge >= 0.3 is 5.97 Å². The Bertz CT molecular complexity index is 840. The molecule has 3 rings (SSSR count). The summed E-state index contributed by atoms with van der Waals surface area (Å²) in [5, 5.41) is 6.04. The number of halogens is 1. The second kappa shape index (κ2) is 8.07. The molecule has 0 fully saturated rings. The van der Waals surface area contributed by atoms with Gasteiger partial charge in [-0.2, -0.15) is 0 Å². The summed E-state index contributed by atoms with van der Waals surface area (Å²) >= 11 is 6.06. The summed E-state index contributed by atoms with van der Waals surface area (Å²) in [6, 6.07) is 10.1. The molecular weight excluding hydrogens is 360 g/mol. The van der Waals surface area contributed by atoms with Gasteiger partial charge in [0.05, 0.1) is 29.9 Å². The molecule has 0 spiro atoms. The first-order valence-electron chi connectivity index (χ1n) is 7.84. The van der Waals surface area contributed by atoms with E-state index in [4.69, 9.17) is 21.1 Å². The van der Waals surface area contributed by atoms with Crippen LogP contribution in [0.15, 0.2) is 36.4 Å². The monoisotopic (exact) mass is 376 g/mol. The zero-order chi connectivity index (χ0) is 18.5. The van der Waals surface area contributed by atoms with Crippen LogP contribution in [-0.2, 0) is 16.1 Å². The van der Waals surface area contributed by atoms with Crippen molar-refractivity contribution >= 4 is 29.2 Å². The maximum absolute atomic E-state index is 12.1. The first-order chi connectivity index (χ1) is 12.6. The van der Waals surface area contributed by atoms with E-state index in [1.54, 1.807) is 0 Å². The molecule has 0 unspecified atom stereocenters. The molecule has 0 radical (unpaired) electrons. The van der Waals surface area contributed by atoms with Gasteiger partial charge in [0.25, 0.3) is 0 Å². The molecule has 2 N–H and O–H groups in total. The van der Waals surface area contributed by atoms with Crippen LogP contribution in [0.2, 0.25) is 5.02 Å². The van der Waals surface area contributed by atoms with Gasteiger partial charge < -0.3 is 24.8 Å². The molecule has 7 nitrogen and oxygen atoms in total. The third-order valence-corrected chi connectivity index (χ3v) is 4.04. The Morgan fingerprint density at radius 1 is 1.15 bits per heavy atom. The lowest BCUT2D eigenvalue weighted by atomic mass is 10.2. The highest BCUT2D eigenvalue weighted by molar-refractivity contribution is 6.33. The van der Waals surface area contributed by atoms with E-state index in [2.05, 4.69) is 15.4 Å². The molecular formula is C18H17ClN2O5. The molecule has 8 heteroatoms. The Kier molecular flexibility index (Phi) is 5.60. The number of hydrogen-bond acceptors (Lipinski definition) is 6. The summed E-state index contributed by atoms with van der Waals surface area (Å²) in [6.07, 6.45) is 0. The number of ether oxygens (including phenoxy) is 3.